The maximum absolute atomic E-state index is 13.1. The van der Waals surface area contributed by atoms with Crippen LogP contribution < -0.4 is 5.73 Å². The molecular formula is C8H5ClFNS. The second-order valence-corrected chi connectivity index (χ2v) is 3.94. The molecule has 2 N–H and O–H groups in total. The number of halogens is 2. The minimum Gasteiger partial charge on any atom is -0.388 e. The zero-order valence-corrected chi connectivity index (χ0v) is 7.55. The van der Waals surface area contributed by atoms with Crippen LogP contribution in [0, 0.1) is 5.82 Å². The third-order valence-corrected chi connectivity index (χ3v) is 2.81. The summed E-state index contributed by atoms with van der Waals surface area (Å²) in [6.07, 6.45) is 0. The maximum atomic E-state index is 13.1. The second kappa shape index (κ2) is 2.61. The molecule has 62 valence electrons. The summed E-state index contributed by atoms with van der Waals surface area (Å²) in [5.41, 5.74) is 5.40. The summed E-state index contributed by atoms with van der Waals surface area (Å²) in [5, 5.41) is 1.36. The quantitative estimate of drug-likeness (QED) is 0.696. The lowest BCUT2D eigenvalue weighted by Gasteiger charge is -1.89. The lowest BCUT2D eigenvalue weighted by molar-refractivity contribution is 0.648. The van der Waals surface area contributed by atoms with Crippen LogP contribution in [-0.4, -0.2) is 0 Å². The van der Waals surface area contributed by atoms with Crippen molar-refractivity contribution in [3.63, 3.8) is 0 Å². The molecule has 1 aromatic heterocycles. The SMILES string of the molecule is Nc1sc2cc(Cl)ccc2c1F. The average Bonchev–Trinajstić information content (AvgIpc) is 2.28. The lowest BCUT2D eigenvalue weighted by Crippen LogP contribution is -1.81. The summed E-state index contributed by atoms with van der Waals surface area (Å²) in [4.78, 5) is 0. The van der Waals surface area contributed by atoms with E-state index in [1.165, 1.54) is 11.3 Å². The highest BCUT2D eigenvalue weighted by molar-refractivity contribution is 7.22. The van der Waals surface area contributed by atoms with Gasteiger partial charge in [-0.25, -0.2) is 4.39 Å². The van der Waals surface area contributed by atoms with E-state index in [-0.39, 0.29) is 10.8 Å². The highest BCUT2D eigenvalue weighted by atomic mass is 35.5. The molecule has 1 nitrogen and oxygen atoms in total. The van der Waals surface area contributed by atoms with E-state index >= 15 is 0 Å². The van der Waals surface area contributed by atoms with Crippen molar-refractivity contribution in [2.24, 2.45) is 0 Å². The van der Waals surface area contributed by atoms with Crippen LogP contribution in [-0.2, 0) is 0 Å². The number of nitrogen functional groups attached to an aromatic ring is 1. The first kappa shape index (κ1) is 7.83. The molecule has 0 unspecified atom stereocenters. The van der Waals surface area contributed by atoms with Gasteiger partial charge in [-0.1, -0.05) is 11.6 Å². The van der Waals surface area contributed by atoms with Gasteiger partial charge in [0, 0.05) is 15.1 Å². The van der Waals surface area contributed by atoms with Crippen molar-refractivity contribution >= 4 is 38.0 Å². The van der Waals surface area contributed by atoms with Gasteiger partial charge in [-0.05, 0) is 18.2 Å². The van der Waals surface area contributed by atoms with Crippen LogP contribution in [0.3, 0.4) is 0 Å². The number of hydrogen-bond acceptors (Lipinski definition) is 2. The molecule has 4 heteroatoms. The van der Waals surface area contributed by atoms with Crippen molar-refractivity contribution < 1.29 is 4.39 Å². The average molecular weight is 202 g/mol. The van der Waals surface area contributed by atoms with E-state index in [2.05, 4.69) is 0 Å². The molecule has 0 saturated heterocycles. The molecule has 0 spiro atoms. The molecule has 2 aromatic rings. The highest BCUT2D eigenvalue weighted by Gasteiger charge is 2.08. The summed E-state index contributed by atoms with van der Waals surface area (Å²) in [6, 6.07) is 5.00. The van der Waals surface area contributed by atoms with Gasteiger partial charge in [0.2, 0.25) is 0 Å². The number of thiophene rings is 1. The van der Waals surface area contributed by atoms with Gasteiger partial charge >= 0.3 is 0 Å². The maximum Gasteiger partial charge on any atom is 0.165 e. The fourth-order valence-corrected chi connectivity index (χ4v) is 2.18. The second-order valence-electron chi connectivity index (χ2n) is 2.42. The molecular weight excluding hydrogens is 197 g/mol. The number of fused-ring (bicyclic) bond motifs is 1. The van der Waals surface area contributed by atoms with Crippen LogP contribution in [0.1, 0.15) is 0 Å². The zero-order chi connectivity index (χ0) is 8.72. The molecule has 1 aromatic carbocycles. The molecule has 0 radical (unpaired) electrons. The highest BCUT2D eigenvalue weighted by Crippen LogP contribution is 2.33. The van der Waals surface area contributed by atoms with Crippen molar-refractivity contribution in [2.75, 3.05) is 5.73 Å². The monoisotopic (exact) mass is 201 g/mol. The lowest BCUT2D eigenvalue weighted by atomic mass is 10.2. The molecule has 12 heavy (non-hydrogen) atoms. The molecule has 1 heterocycles. The van der Waals surface area contributed by atoms with Crippen LogP contribution in [0.2, 0.25) is 5.02 Å². The van der Waals surface area contributed by atoms with Gasteiger partial charge in [-0.15, -0.1) is 11.3 Å². The van der Waals surface area contributed by atoms with Gasteiger partial charge in [-0.2, -0.15) is 0 Å². The van der Waals surface area contributed by atoms with Gasteiger partial charge in [0.15, 0.2) is 5.82 Å². The molecule has 2 rings (SSSR count). The smallest absolute Gasteiger partial charge is 0.165 e. The molecule has 0 atom stereocenters. The van der Waals surface area contributed by atoms with Gasteiger partial charge < -0.3 is 5.73 Å². The molecule has 0 fully saturated rings. The number of hydrogen-bond donors (Lipinski definition) is 1. The van der Waals surface area contributed by atoms with Gasteiger partial charge in [0.25, 0.3) is 0 Å². The van der Waals surface area contributed by atoms with E-state index in [4.69, 9.17) is 17.3 Å². The van der Waals surface area contributed by atoms with E-state index in [0.29, 0.717) is 10.4 Å². The molecule has 0 aliphatic rings. The Morgan fingerprint density at radius 2 is 2.17 bits per heavy atom. The molecule has 0 saturated carbocycles. The number of nitrogens with two attached hydrogens (primary N) is 1. The minimum atomic E-state index is -0.341. The van der Waals surface area contributed by atoms with Crippen LogP contribution in [0.25, 0.3) is 10.1 Å². The summed E-state index contributed by atoms with van der Waals surface area (Å²) in [7, 11) is 0. The Hall–Kier alpha value is -0.800. The van der Waals surface area contributed by atoms with Crippen molar-refractivity contribution in [1.82, 2.24) is 0 Å². The predicted molar refractivity (Wildman–Crippen MR) is 51.2 cm³/mol. The van der Waals surface area contributed by atoms with Crippen LogP contribution in [0.15, 0.2) is 18.2 Å². The Balaban J connectivity index is 2.87. The third-order valence-electron chi connectivity index (χ3n) is 1.62. The standard InChI is InChI=1S/C8H5ClFNS/c9-4-1-2-5-6(3-4)12-8(11)7(5)10/h1-3H,11H2. The van der Waals surface area contributed by atoms with E-state index in [1.807, 2.05) is 0 Å². The van der Waals surface area contributed by atoms with Crippen LogP contribution in [0.4, 0.5) is 9.39 Å². The zero-order valence-electron chi connectivity index (χ0n) is 5.97. The van der Waals surface area contributed by atoms with Crippen molar-refractivity contribution in [3.05, 3.63) is 29.0 Å². The predicted octanol–water partition coefficient (Wildman–Crippen LogP) is 3.28. The minimum absolute atomic E-state index is 0.215. The topological polar surface area (TPSA) is 26.0 Å². The van der Waals surface area contributed by atoms with Crippen LogP contribution >= 0.6 is 22.9 Å². The van der Waals surface area contributed by atoms with E-state index in [0.717, 1.165) is 4.70 Å². The Bertz CT molecular complexity index is 438. The van der Waals surface area contributed by atoms with Crippen molar-refractivity contribution in [2.45, 2.75) is 0 Å². The number of rotatable bonds is 0. The Morgan fingerprint density at radius 3 is 2.92 bits per heavy atom. The molecule has 0 aliphatic carbocycles. The van der Waals surface area contributed by atoms with Gasteiger partial charge in [0.05, 0.1) is 0 Å². The molecule has 0 aliphatic heterocycles. The third kappa shape index (κ3) is 1.06. The van der Waals surface area contributed by atoms with Crippen LogP contribution in [0.5, 0.6) is 0 Å². The van der Waals surface area contributed by atoms with Crippen molar-refractivity contribution in [3.8, 4) is 0 Å². The summed E-state index contributed by atoms with van der Waals surface area (Å²) in [5.74, 6) is -0.341. The normalized spacial score (nSPS) is 10.8. The first-order chi connectivity index (χ1) is 5.68. The number of benzene rings is 1. The summed E-state index contributed by atoms with van der Waals surface area (Å²) < 4.78 is 13.9. The first-order valence-electron chi connectivity index (χ1n) is 3.31. The largest absolute Gasteiger partial charge is 0.388 e. The van der Waals surface area contributed by atoms with Gasteiger partial charge in [0.1, 0.15) is 5.00 Å². The summed E-state index contributed by atoms with van der Waals surface area (Å²) in [6.45, 7) is 0. The fourth-order valence-electron chi connectivity index (χ4n) is 1.06. The molecule has 0 bridgehead atoms. The van der Waals surface area contributed by atoms with E-state index in [9.17, 15) is 4.39 Å². The Kier molecular flexibility index (Phi) is 1.70. The Labute approximate surface area is 77.6 Å². The number of anilines is 1. The summed E-state index contributed by atoms with van der Waals surface area (Å²) >= 11 is 6.93. The fraction of sp³-hybridized carbons (Fsp3) is 0. The van der Waals surface area contributed by atoms with Gasteiger partial charge in [-0.3, -0.25) is 0 Å². The first-order valence-corrected chi connectivity index (χ1v) is 4.51. The molecule has 0 amide bonds. The Morgan fingerprint density at radius 1 is 1.42 bits per heavy atom. The van der Waals surface area contributed by atoms with E-state index < -0.39 is 0 Å². The van der Waals surface area contributed by atoms with Crippen molar-refractivity contribution in [1.29, 1.82) is 0 Å². The van der Waals surface area contributed by atoms with E-state index in [1.54, 1.807) is 18.2 Å².